The number of carbonyl (C=O) groups excluding carboxylic acids is 1. The lowest BCUT2D eigenvalue weighted by atomic mass is 10.0. The number of benzene rings is 1. The first kappa shape index (κ1) is 19.6. The average molecular weight is 349 g/mol. The van der Waals surface area contributed by atoms with Crippen LogP contribution in [0.5, 0.6) is 5.75 Å². The summed E-state index contributed by atoms with van der Waals surface area (Å²) in [6.07, 6.45) is 3.45. The number of hydrogen-bond donors (Lipinski definition) is 3. The molecule has 0 bridgehead atoms. The molecule has 1 aliphatic rings. The molecule has 1 aromatic rings. The zero-order valence-corrected chi connectivity index (χ0v) is 15.9. The molecule has 5 nitrogen and oxygen atoms in total. The first-order chi connectivity index (χ1) is 12.0. The van der Waals surface area contributed by atoms with Crippen molar-refractivity contribution in [2.75, 3.05) is 37.6 Å². The van der Waals surface area contributed by atoms with Crippen LogP contribution in [0.25, 0.3) is 0 Å². The molecular formula is C20H34N3O2+. The SMILES string of the molecule is CC(C)CCC[C@@H](C)NC(=O)C[NH+]1CCN(c2ccccc2O)CC1. The summed E-state index contributed by atoms with van der Waals surface area (Å²) in [5.74, 6) is 1.22. The number of nitrogens with one attached hydrogen (secondary N) is 2. The Kier molecular flexibility index (Phi) is 7.56. The quantitative estimate of drug-likeness (QED) is 0.666. The summed E-state index contributed by atoms with van der Waals surface area (Å²) in [5, 5.41) is 13.1. The van der Waals surface area contributed by atoms with Gasteiger partial charge in [-0.2, -0.15) is 0 Å². The molecule has 25 heavy (non-hydrogen) atoms. The maximum Gasteiger partial charge on any atom is 0.275 e. The molecule has 140 valence electrons. The summed E-state index contributed by atoms with van der Waals surface area (Å²) < 4.78 is 0. The number of phenols is 1. The first-order valence-corrected chi connectivity index (χ1v) is 9.61. The Hall–Kier alpha value is -1.75. The molecule has 1 fully saturated rings. The van der Waals surface area contributed by atoms with Crippen LogP contribution in [-0.2, 0) is 4.79 Å². The molecular weight excluding hydrogens is 314 g/mol. The van der Waals surface area contributed by atoms with Gasteiger partial charge in [-0.25, -0.2) is 0 Å². The standard InChI is InChI=1S/C20H33N3O2/c1-16(2)7-6-8-17(3)21-20(25)15-22-11-13-23(14-12-22)18-9-4-5-10-19(18)24/h4-5,9-10,16-17,24H,6-8,11-15H2,1-3H3,(H,21,25)/p+1/t17-/m1/s1. The van der Waals surface area contributed by atoms with E-state index >= 15 is 0 Å². The second-order valence-corrected chi connectivity index (χ2v) is 7.70. The number of aromatic hydroxyl groups is 1. The zero-order chi connectivity index (χ0) is 18.2. The normalized spacial score (nSPS) is 16.9. The van der Waals surface area contributed by atoms with Crippen molar-refractivity contribution in [3.8, 4) is 5.75 Å². The minimum atomic E-state index is 0.156. The maximum absolute atomic E-state index is 12.2. The lowest BCUT2D eigenvalue weighted by Gasteiger charge is -2.33. The molecule has 1 heterocycles. The van der Waals surface area contributed by atoms with Crippen molar-refractivity contribution in [3.05, 3.63) is 24.3 Å². The third kappa shape index (κ3) is 6.58. The number of carbonyl (C=O) groups is 1. The van der Waals surface area contributed by atoms with E-state index in [1.54, 1.807) is 6.07 Å². The highest BCUT2D eigenvalue weighted by atomic mass is 16.3. The minimum Gasteiger partial charge on any atom is -0.506 e. The van der Waals surface area contributed by atoms with Crippen LogP contribution in [0.2, 0.25) is 0 Å². The smallest absolute Gasteiger partial charge is 0.275 e. The molecule has 3 N–H and O–H groups in total. The maximum atomic E-state index is 12.2. The topological polar surface area (TPSA) is 57.0 Å². The number of nitrogens with zero attached hydrogens (tertiary/aromatic N) is 1. The van der Waals surface area contributed by atoms with Gasteiger partial charge in [0.25, 0.3) is 5.91 Å². The second-order valence-electron chi connectivity index (χ2n) is 7.70. The molecule has 0 aromatic heterocycles. The molecule has 0 aliphatic carbocycles. The number of phenolic OH excluding ortho intramolecular Hbond substituents is 1. The van der Waals surface area contributed by atoms with E-state index < -0.39 is 0 Å². The number of quaternary nitrogens is 1. The number of amides is 1. The van der Waals surface area contributed by atoms with Crippen molar-refractivity contribution in [3.63, 3.8) is 0 Å². The van der Waals surface area contributed by atoms with E-state index in [9.17, 15) is 9.90 Å². The van der Waals surface area contributed by atoms with Gasteiger partial charge >= 0.3 is 0 Å². The fourth-order valence-electron chi connectivity index (χ4n) is 3.43. The van der Waals surface area contributed by atoms with Crippen LogP contribution in [0.15, 0.2) is 24.3 Å². The Balaban J connectivity index is 1.69. The van der Waals surface area contributed by atoms with Crippen molar-refractivity contribution in [1.82, 2.24) is 5.32 Å². The summed E-state index contributed by atoms with van der Waals surface area (Å²) in [6.45, 7) is 10.7. The Labute approximate surface area is 152 Å². The summed E-state index contributed by atoms with van der Waals surface area (Å²) in [7, 11) is 0. The summed E-state index contributed by atoms with van der Waals surface area (Å²) in [5.41, 5.74) is 0.893. The predicted molar refractivity (Wildman–Crippen MR) is 102 cm³/mol. The van der Waals surface area contributed by atoms with E-state index in [-0.39, 0.29) is 11.9 Å². The lowest BCUT2D eigenvalue weighted by Crippen LogP contribution is -3.16. The van der Waals surface area contributed by atoms with Gasteiger partial charge in [0, 0.05) is 6.04 Å². The summed E-state index contributed by atoms with van der Waals surface area (Å²) >= 11 is 0. The van der Waals surface area contributed by atoms with Crippen LogP contribution in [0.3, 0.4) is 0 Å². The van der Waals surface area contributed by atoms with Crippen molar-refractivity contribution < 1.29 is 14.8 Å². The molecule has 0 radical (unpaired) electrons. The fraction of sp³-hybridized carbons (Fsp3) is 0.650. The van der Waals surface area contributed by atoms with Gasteiger partial charge in [0.05, 0.1) is 31.9 Å². The monoisotopic (exact) mass is 348 g/mol. The molecule has 5 heteroatoms. The summed E-state index contributed by atoms with van der Waals surface area (Å²) in [6, 6.07) is 7.72. The molecule has 0 spiro atoms. The molecule has 1 amide bonds. The van der Waals surface area contributed by atoms with Gasteiger partial charge in [-0.05, 0) is 31.4 Å². The molecule has 1 atom stereocenters. The summed E-state index contributed by atoms with van der Waals surface area (Å²) in [4.78, 5) is 15.8. The van der Waals surface area contributed by atoms with Gasteiger partial charge in [-0.1, -0.05) is 38.8 Å². The number of hydrogen-bond acceptors (Lipinski definition) is 3. The third-order valence-electron chi connectivity index (χ3n) is 4.93. The van der Waals surface area contributed by atoms with Gasteiger partial charge in [-0.15, -0.1) is 0 Å². The Morgan fingerprint density at radius 1 is 1.20 bits per heavy atom. The van der Waals surface area contributed by atoms with Gasteiger partial charge in [0.2, 0.25) is 0 Å². The van der Waals surface area contributed by atoms with E-state index in [2.05, 4.69) is 31.0 Å². The second kappa shape index (κ2) is 9.66. The van der Waals surface area contributed by atoms with Crippen LogP contribution >= 0.6 is 0 Å². The highest BCUT2D eigenvalue weighted by molar-refractivity contribution is 5.77. The van der Waals surface area contributed by atoms with Crippen LogP contribution in [-0.4, -0.2) is 49.8 Å². The van der Waals surface area contributed by atoms with Crippen molar-refractivity contribution in [1.29, 1.82) is 0 Å². The molecule has 1 aromatic carbocycles. The van der Waals surface area contributed by atoms with E-state index in [1.807, 2.05) is 18.2 Å². The predicted octanol–water partition coefficient (Wildman–Crippen LogP) is 1.43. The molecule has 1 saturated heterocycles. The van der Waals surface area contributed by atoms with E-state index in [0.29, 0.717) is 12.3 Å². The van der Waals surface area contributed by atoms with Crippen LogP contribution in [0.4, 0.5) is 5.69 Å². The van der Waals surface area contributed by atoms with E-state index in [0.717, 1.165) is 44.2 Å². The van der Waals surface area contributed by atoms with Gasteiger partial charge in [0.15, 0.2) is 6.54 Å². The number of rotatable bonds is 8. The highest BCUT2D eigenvalue weighted by Crippen LogP contribution is 2.25. The largest absolute Gasteiger partial charge is 0.506 e. The Morgan fingerprint density at radius 3 is 2.52 bits per heavy atom. The minimum absolute atomic E-state index is 0.156. The van der Waals surface area contributed by atoms with Gasteiger partial charge < -0.3 is 20.2 Å². The lowest BCUT2D eigenvalue weighted by molar-refractivity contribution is -0.892. The average Bonchev–Trinajstić information content (AvgIpc) is 2.55. The Bertz CT molecular complexity index is 539. The van der Waals surface area contributed by atoms with Crippen molar-refractivity contribution >= 4 is 11.6 Å². The molecule has 1 aliphatic heterocycles. The van der Waals surface area contributed by atoms with Crippen LogP contribution < -0.4 is 15.1 Å². The van der Waals surface area contributed by atoms with Gasteiger partial charge in [0.1, 0.15) is 5.75 Å². The molecule has 0 saturated carbocycles. The molecule has 2 rings (SSSR count). The van der Waals surface area contributed by atoms with E-state index in [4.69, 9.17) is 0 Å². The number of para-hydroxylation sites is 2. The number of anilines is 1. The first-order valence-electron chi connectivity index (χ1n) is 9.61. The van der Waals surface area contributed by atoms with Crippen LogP contribution in [0, 0.1) is 5.92 Å². The van der Waals surface area contributed by atoms with Crippen molar-refractivity contribution in [2.24, 2.45) is 5.92 Å². The highest BCUT2D eigenvalue weighted by Gasteiger charge is 2.23. The zero-order valence-electron chi connectivity index (χ0n) is 15.9. The Morgan fingerprint density at radius 2 is 1.88 bits per heavy atom. The molecule has 0 unspecified atom stereocenters. The fourth-order valence-corrected chi connectivity index (χ4v) is 3.43. The van der Waals surface area contributed by atoms with Gasteiger partial charge in [-0.3, -0.25) is 4.79 Å². The van der Waals surface area contributed by atoms with E-state index in [1.165, 1.54) is 17.7 Å². The van der Waals surface area contributed by atoms with Crippen LogP contribution in [0.1, 0.15) is 40.0 Å². The van der Waals surface area contributed by atoms with Crippen molar-refractivity contribution in [2.45, 2.75) is 46.1 Å². The third-order valence-corrected chi connectivity index (χ3v) is 4.93. The number of piperazine rings is 1.